The van der Waals surface area contributed by atoms with Crippen LogP contribution in [0.25, 0.3) is 0 Å². The smallest absolute Gasteiger partial charge is 0.330 e. The standard InChI is InChI=1S/C8H10N2O3S/c1-3-2-14-7-4(9)6(11)10(7)5(3)8(12)13/h4-5,7H,1-2,9H2,(H,12,13)/t4-,5?,7?/m0/s1. The number of carboxylic acids is 1. The Morgan fingerprint density at radius 3 is 2.93 bits per heavy atom. The van der Waals surface area contributed by atoms with Crippen LogP contribution in [-0.4, -0.2) is 45.1 Å². The molecule has 2 rings (SSSR count). The molecule has 2 saturated heterocycles. The Kier molecular flexibility index (Phi) is 2.04. The zero-order valence-corrected chi connectivity index (χ0v) is 8.16. The lowest BCUT2D eigenvalue weighted by atomic mass is 9.99. The maximum absolute atomic E-state index is 11.3. The van der Waals surface area contributed by atoms with E-state index < -0.39 is 18.1 Å². The summed E-state index contributed by atoms with van der Waals surface area (Å²) >= 11 is 1.47. The van der Waals surface area contributed by atoms with Crippen molar-refractivity contribution in [2.45, 2.75) is 17.5 Å². The van der Waals surface area contributed by atoms with Crippen LogP contribution >= 0.6 is 11.8 Å². The first kappa shape index (κ1) is 9.54. The molecule has 1 amide bonds. The molecule has 0 aromatic rings. The van der Waals surface area contributed by atoms with Crippen LogP contribution in [0.3, 0.4) is 0 Å². The van der Waals surface area contributed by atoms with Crippen molar-refractivity contribution in [3.63, 3.8) is 0 Å². The van der Waals surface area contributed by atoms with Gasteiger partial charge in [0.1, 0.15) is 11.4 Å². The molecule has 0 bridgehead atoms. The van der Waals surface area contributed by atoms with Crippen LogP contribution in [0.1, 0.15) is 0 Å². The summed E-state index contributed by atoms with van der Waals surface area (Å²) in [6, 6.07) is -1.43. The Morgan fingerprint density at radius 1 is 1.71 bits per heavy atom. The van der Waals surface area contributed by atoms with Crippen molar-refractivity contribution < 1.29 is 14.7 Å². The minimum atomic E-state index is -1.03. The summed E-state index contributed by atoms with van der Waals surface area (Å²) in [5.41, 5.74) is 6.10. The maximum Gasteiger partial charge on any atom is 0.330 e. The summed E-state index contributed by atoms with van der Waals surface area (Å²) in [6.07, 6.45) is 0. The lowest BCUT2D eigenvalue weighted by Gasteiger charge is -2.51. The first-order chi connectivity index (χ1) is 6.54. The van der Waals surface area contributed by atoms with Gasteiger partial charge in [-0.2, -0.15) is 0 Å². The fourth-order valence-corrected chi connectivity index (χ4v) is 2.98. The lowest BCUT2D eigenvalue weighted by Crippen LogP contribution is -2.73. The van der Waals surface area contributed by atoms with Crippen LogP contribution in [0.4, 0.5) is 0 Å². The third kappa shape index (κ3) is 1.07. The Labute approximate surface area is 84.9 Å². The van der Waals surface area contributed by atoms with E-state index >= 15 is 0 Å². The van der Waals surface area contributed by atoms with Crippen LogP contribution in [0, 0.1) is 0 Å². The van der Waals surface area contributed by atoms with Gasteiger partial charge in [-0.25, -0.2) is 4.79 Å². The number of nitrogens with zero attached hydrogens (tertiary/aromatic N) is 1. The molecule has 0 aromatic heterocycles. The number of amides is 1. The van der Waals surface area contributed by atoms with Gasteiger partial charge in [0.05, 0.1) is 0 Å². The second-order valence-electron chi connectivity index (χ2n) is 3.37. The van der Waals surface area contributed by atoms with E-state index in [9.17, 15) is 9.59 Å². The third-order valence-corrected chi connectivity index (χ3v) is 3.86. The van der Waals surface area contributed by atoms with Crippen LogP contribution in [0.2, 0.25) is 0 Å². The zero-order chi connectivity index (χ0) is 10.5. The van der Waals surface area contributed by atoms with Crippen molar-refractivity contribution in [3.05, 3.63) is 12.2 Å². The first-order valence-corrected chi connectivity index (χ1v) is 5.18. The molecule has 3 N–H and O–H groups in total. The number of carbonyl (C=O) groups excluding carboxylic acids is 1. The van der Waals surface area contributed by atoms with E-state index in [0.29, 0.717) is 11.3 Å². The molecule has 0 aliphatic carbocycles. The van der Waals surface area contributed by atoms with Crippen LogP contribution < -0.4 is 5.73 Å². The molecule has 2 aliphatic rings. The van der Waals surface area contributed by atoms with Gasteiger partial charge >= 0.3 is 5.97 Å². The lowest BCUT2D eigenvalue weighted by molar-refractivity contribution is -0.158. The van der Waals surface area contributed by atoms with Crippen LogP contribution in [-0.2, 0) is 9.59 Å². The molecule has 2 unspecified atom stereocenters. The van der Waals surface area contributed by atoms with Crippen LogP contribution in [0.15, 0.2) is 12.2 Å². The number of carboxylic acid groups (broad SMARTS) is 1. The highest BCUT2D eigenvalue weighted by Crippen LogP contribution is 2.38. The van der Waals surface area contributed by atoms with Crippen molar-refractivity contribution in [2.24, 2.45) is 5.73 Å². The number of hydrogen-bond donors (Lipinski definition) is 2. The highest BCUT2D eigenvalue weighted by molar-refractivity contribution is 8.00. The maximum atomic E-state index is 11.3. The largest absolute Gasteiger partial charge is 0.479 e. The van der Waals surface area contributed by atoms with E-state index in [0.717, 1.165) is 0 Å². The summed E-state index contributed by atoms with van der Waals surface area (Å²) in [5.74, 6) is -0.768. The highest BCUT2D eigenvalue weighted by Gasteiger charge is 2.53. The molecule has 14 heavy (non-hydrogen) atoms. The summed E-state index contributed by atoms with van der Waals surface area (Å²) < 4.78 is 0. The van der Waals surface area contributed by atoms with Crippen molar-refractivity contribution in [1.82, 2.24) is 4.90 Å². The van der Waals surface area contributed by atoms with Gasteiger partial charge in [0.2, 0.25) is 5.91 Å². The van der Waals surface area contributed by atoms with E-state index in [2.05, 4.69) is 6.58 Å². The van der Waals surface area contributed by atoms with Gasteiger partial charge in [0.25, 0.3) is 0 Å². The molecular weight excluding hydrogens is 204 g/mol. The van der Waals surface area contributed by atoms with Crippen molar-refractivity contribution in [3.8, 4) is 0 Å². The average Bonchev–Trinajstić information content (AvgIpc) is 2.15. The average molecular weight is 214 g/mol. The minimum absolute atomic E-state index is 0.186. The molecule has 2 aliphatic heterocycles. The molecule has 0 aromatic carbocycles. The van der Waals surface area contributed by atoms with E-state index in [-0.39, 0.29) is 11.3 Å². The van der Waals surface area contributed by atoms with Gasteiger partial charge in [0.15, 0.2) is 6.04 Å². The van der Waals surface area contributed by atoms with E-state index in [1.165, 1.54) is 16.7 Å². The normalized spacial score (nSPS) is 36.4. The third-order valence-electron chi connectivity index (χ3n) is 2.46. The predicted molar refractivity (Wildman–Crippen MR) is 51.6 cm³/mol. The molecule has 2 fully saturated rings. The number of hydrogen-bond acceptors (Lipinski definition) is 4. The monoisotopic (exact) mass is 214 g/mol. The quantitative estimate of drug-likeness (QED) is 0.442. The van der Waals surface area contributed by atoms with Crippen molar-refractivity contribution in [2.75, 3.05) is 5.75 Å². The first-order valence-electron chi connectivity index (χ1n) is 4.14. The zero-order valence-electron chi connectivity index (χ0n) is 7.34. The van der Waals surface area contributed by atoms with Crippen LogP contribution in [0.5, 0.6) is 0 Å². The number of nitrogens with two attached hydrogens (primary N) is 1. The van der Waals surface area contributed by atoms with E-state index in [1.54, 1.807) is 0 Å². The van der Waals surface area contributed by atoms with Gasteiger partial charge in [-0.15, -0.1) is 11.8 Å². The van der Waals surface area contributed by atoms with Gasteiger partial charge in [-0.05, 0) is 5.57 Å². The molecule has 0 radical (unpaired) electrons. The number of thioether (sulfide) groups is 1. The Hall–Kier alpha value is -1.01. The number of fused-ring (bicyclic) bond motifs is 1. The number of rotatable bonds is 1. The second-order valence-corrected chi connectivity index (χ2v) is 4.48. The molecule has 3 atom stereocenters. The van der Waals surface area contributed by atoms with Gasteiger partial charge in [-0.3, -0.25) is 4.79 Å². The second kappa shape index (κ2) is 2.99. The predicted octanol–water partition coefficient (Wildman–Crippen LogP) is -0.762. The Morgan fingerprint density at radius 2 is 2.36 bits per heavy atom. The molecule has 76 valence electrons. The highest BCUT2D eigenvalue weighted by atomic mass is 32.2. The summed E-state index contributed by atoms with van der Waals surface area (Å²) in [5, 5.41) is 8.74. The number of aliphatic carboxylic acids is 1. The van der Waals surface area contributed by atoms with Crippen molar-refractivity contribution >= 4 is 23.6 Å². The molecule has 2 heterocycles. The minimum Gasteiger partial charge on any atom is -0.479 e. The number of carbonyl (C=O) groups is 2. The molecular formula is C8H10N2O3S. The molecule has 6 heteroatoms. The molecule has 5 nitrogen and oxygen atoms in total. The summed E-state index contributed by atoms with van der Waals surface area (Å²) in [7, 11) is 0. The number of β-lactam (4-membered cyclic amide) rings is 1. The fraction of sp³-hybridized carbons (Fsp3) is 0.500. The van der Waals surface area contributed by atoms with Gasteiger partial charge < -0.3 is 15.7 Å². The fourth-order valence-electron chi connectivity index (χ4n) is 1.73. The molecule has 0 spiro atoms. The van der Waals surface area contributed by atoms with E-state index in [4.69, 9.17) is 10.8 Å². The van der Waals surface area contributed by atoms with Crippen molar-refractivity contribution in [1.29, 1.82) is 0 Å². The topological polar surface area (TPSA) is 83.6 Å². The molecule has 0 saturated carbocycles. The summed E-state index contributed by atoms with van der Waals surface area (Å²) in [6.45, 7) is 3.66. The Balaban J connectivity index is 2.26. The van der Waals surface area contributed by atoms with Gasteiger partial charge in [0, 0.05) is 5.75 Å². The van der Waals surface area contributed by atoms with Gasteiger partial charge in [-0.1, -0.05) is 6.58 Å². The Bertz CT molecular complexity index is 331. The SMILES string of the molecule is C=C1CSC2[C@@H](N)C(=O)N2C1C(=O)O. The van der Waals surface area contributed by atoms with E-state index in [1.807, 2.05) is 0 Å². The summed E-state index contributed by atoms with van der Waals surface area (Å²) in [4.78, 5) is 23.6.